The largest absolute Gasteiger partial charge is 0.304 e. The van der Waals surface area contributed by atoms with Gasteiger partial charge in [0.1, 0.15) is 0 Å². The maximum Gasteiger partial charge on any atom is 0.0331 e. The van der Waals surface area contributed by atoms with Crippen LogP contribution in [0.2, 0.25) is 0 Å². The molecule has 3 rings (SSSR count). The minimum atomic E-state index is 0. The van der Waals surface area contributed by atoms with Gasteiger partial charge in [0, 0.05) is 29.9 Å². The van der Waals surface area contributed by atoms with E-state index in [1.165, 1.54) is 11.1 Å². The number of halogens is 2. The van der Waals surface area contributed by atoms with E-state index in [4.69, 9.17) is 0 Å². The molecule has 0 aliphatic carbocycles. The minimum absolute atomic E-state index is 0. The minimum Gasteiger partial charge on any atom is -0.304 e. The van der Waals surface area contributed by atoms with Crippen molar-refractivity contribution in [3.8, 4) is 0 Å². The third kappa shape index (κ3) is 3.76. The second-order valence-electron chi connectivity index (χ2n) is 5.90. The molecule has 1 aromatic heterocycles. The van der Waals surface area contributed by atoms with E-state index in [0.717, 1.165) is 6.42 Å². The van der Waals surface area contributed by atoms with Gasteiger partial charge in [0.2, 0.25) is 0 Å². The fraction of sp³-hybridized carbons (Fsp3) is 0.353. The van der Waals surface area contributed by atoms with Gasteiger partial charge in [-0.15, -0.1) is 24.8 Å². The molecule has 21 heavy (non-hydrogen) atoms. The van der Waals surface area contributed by atoms with Crippen LogP contribution >= 0.6 is 24.8 Å². The predicted molar refractivity (Wildman–Crippen MR) is 92.5 cm³/mol. The highest BCUT2D eigenvalue weighted by Gasteiger charge is 2.40. The molecular formula is C17H22Cl2N2. The van der Waals surface area contributed by atoms with Crippen LogP contribution in [-0.4, -0.2) is 10.5 Å². The second-order valence-corrected chi connectivity index (χ2v) is 5.90. The molecule has 2 nitrogen and oxygen atoms in total. The van der Waals surface area contributed by atoms with Crippen LogP contribution in [0.5, 0.6) is 0 Å². The Hall–Kier alpha value is -1.09. The Morgan fingerprint density at radius 1 is 0.952 bits per heavy atom. The van der Waals surface area contributed by atoms with Crippen molar-refractivity contribution >= 4 is 24.8 Å². The highest BCUT2D eigenvalue weighted by molar-refractivity contribution is 5.85. The van der Waals surface area contributed by atoms with Gasteiger partial charge in [-0.3, -0.25) is 4.98 Å². The third-order valence-corrected chi connectivity index (χ3v) is 4.20. The van der Waals surface area contributed by atoms with Crippen molar-refractivity contribution in [1.82, 2.24) is 10.3 Å². The van der Waals surface area contributed by atoms with Crippen molar-refractivity contribution in [1.29, 1.82) is 0 Å². The lowest BCUT2D eigenvalue weighted by Gasteiger charge is -2.27. The monoisotopic (exact) mass is 324 g/mol. The Morgan fingerprint density at radius 2 is 1.57 bits per heavy atom. The van der Waals surface area contributed by atoms with E-state index in [-0.39, 0.29) is 30.4 Å². The van der Waals surface area contributed by atoms with E-state index in [9.17, 15) is 0 Å². The van der Waals surface area contributed by atoms with E-state index in [2.05, 4.69) is 66.6 Å². The summed E-state index contributed by atoms with van der Waals surface area (Å²) in [6.45, 7) is 4.59. The molecule has 1 aliphatic rings. The maximum absolute atomic E-state index is 4.12. The standard InChI is InChI=1S/C17H20N2.2ClH/c1-17(2)15(13-8-10-18-11-9-13)12-16(19-17)14-6-4-3-5-7-14;;/h3-11,15-16,19H,12H2,1-2H3;2*1H/t15-,16-;;/m0../s1. The summed E-state index contributed by atoms with van der Waals surface area (Å²) in [5.74, 6) is 0.528. The van der Waals surface area contributed by atoms with Crippen LogP contribution in [0.4, 0.5) is 0 Å². The number of nitrogens with zero attached hydrogens (tertiary/aromatic N) is 1. The first-order chi connectivity index (χ1) is 9.17. The van der Waals surface area contributed by atoms with Gasteiger partial charge in [-0.2, -0.15) is 0 Å². The van der Waals surface area contributed by atoms with Crippen molar-refractivity contribution in [3.63, 3.8) is 0 Å². The Balaban J connectivity index is 0.00000110. The van der Waals surface area contributed by atoms with Gasteiger partial charge in [0.25, 0.3) is 0 Å². The first-order valence-corrected chi connectivity index (χ1v) is 6.89. The zero-order chi connectivity index (χ0) is 13.3. The van der Waals surface area contributed by atoms with Gasteiger partial charge in [-0.05, 0) is 43.5 Å². The van der Waals surface area contributed by atoms with Gasteiger partial charge in [-0.1, -0.05) is 30.3 Å². The third-order valence-electron chi connectivity index (χ3n) is 4.20. The smallest absolute Gasteiger partial charge is 0.0331 e. The number of nitrogens with one attached hydrogen (secondary N) is 1. The van der Waals surface area contributed by atoms with Crippen LogP contribution in [0, 0.1) is 0 Å². The van der Waals surface area contributed by atoms with Crippen LogP contribution in [-0.2, 0) is 0 Å². The van der Waals surface area contributed by atoms with Crippen LogP contribution in [0.3, 0.4) is 0 Å². The molecular weight excluding hydrogens is 303 g/mol. The average Bonchev–Trinajstić information content (AvgIpc) is 2.77. The molecule has 1 saturated heterocycles. The van der Waals surface area contributed by atoms with Crippen molar-refractivity contribution in [3.05, 3.63) is 66.0 Å². The SMILES string of the molecule is CC1(C)N[C@H](c2ccccc2)C[C@H]1c1ccncc1.Cl.Cl. The molecule has 1 N–H and O–H groups in total. The number of aromatic nitrogens is 1. The van der Waals surface area contributed by atoms with Crippen molar-refractivity contribution < 1.29 is 0 Å². The number of benzene rings is 1. The maximum atomic E-state index is 4.12. The fourth-order valence-electron chi connectivity index (χ4n) is 3.19. The molecule has 0 bridgehead atoms. The number of pyridine rings is 1. The van der Waals surface area contributed by atoms with E-state index >= 15 is 0 Å². The summed E-state index contributed by atoms with van der Waals surface area (Å²) in [5, 5.41) is 3.77. The van der Waals surface area contributed by atoms with Crippen LogP contribution in [0.25, 0.3) is 0 Å². The van der Waals surface area contributed by atoms with Gasteiger partial charge < -0.3 is 5.32 Å². The first-order valence-electron chi connectivity index (χ1n) is 6.89. The van der Waals surface area contributed by atoms with Crippen molar-refractivity contribution in [2.75, 3.05) is 0 Å². The molecule has 4 heteroatoms. The molecule has 0 radical (unpaired) electrons. The van der Waals surface area contributed by atoms with E-state index < -0.39 is 0 Å². The zero-order valence-electron chi connectivity index (χ0n) is 12.3. The van der Waals surface area contributed by atoms with Gasteiger partial charge in [0.15, 0.2) is 0 Å². The topological polar surface area (TPSA) is 24.9 Å². The Kier molecular flexibility index (Phi) is 6.21. The lowest BCUT2D eigenvalue weighted by molar-refractivity contribution is 0.397. The van der Waals surface area contributed by atoms with Gasteiger partial charge in [0.05, 0.1) is 0 Å². The summed E-state index contributed by atoms with van der Waals surface area (Å²) in [4.78, 5) is 4.12. The highest BCUT2D eigenvalue weighted by atomic mass is 35.5. The second kappa shape index (κ2) is 7.26. The quantitative estimate of drug-likeness (QED) is 0.878. The van der Waals surface area contributed by atoms with Crippen LogP contribution < -0.4 is 5.32 Å². The molecule has 0 spiro atoms. The lowest BCUT2D eigenvalue weighted by atomic mass is 9.83. The Bertz CT molecular complexity index is 543. The van der Waals surface area contributed by atoms with Crippen LogP contribution in [0.15, 0.2) is 54.9 Å². The van der Waals surface area contributed by atoms with E-state index in [1.54, 1.807) is 0 Å². The molecule has 2 heterocycles. The van der Waals surface area contributed by atoms with Crippen molar-refractivity contribution in [2.45, 2.75) is 37.8 Å². The molecule has 1 aliphatic heterocycles. The molecule has 2 atom stereocenters. The molecule has 0 saturated carbocycles. The summed E-state index contributed by atoms with van der Waals surface area (Å²) < 4.78 is 0. The summed E-state index contributed by atoms with van der Waals surface area (Å²) in [5.41, 5.74) is 2.88. The molecule has 1 aromatic carbocycles. The number of hydrogen-bond donors (Lipinski definition) is 1. The molecule has 2 aromatic rings. The summed E-state index contributed by atoms with van der Waals surface area (Å²) in [6.07, 6.45) is 4.92. The van der Waals surface area contributed by atoms with Gasteiger partial charge >= 0.3 is 0 Å². The predicted octanol–water partition coefficient (Wildman–Crippen LogP) is 4.52. The molecule has 0 unspecified atom stereocenters. The van der Waals surface area contributed by atoms with Crippen LogP contribution in [0.1, 0.15) is 43.4 Å². The zero-order valence-corrected chi connectivity index (χ0v) is 14.0. The number of hydrogen-bond acceptors (Lipinski definition) is 2. The summed E-state index contributed by atoms with van der Waals surface area (Å²) >= 11 is 0. The highest BCUT2D eigenvalue weighted by Crippen LogP contribution is 2.43. The Morgan fingerprint density at radius 3 is 2.19 bits per heavy atom. The first kappa shape index (κ1) is 18.0. The average molecular weight is 325 g/mol. The van der Waals surface area contributed by atoms with E-state index in [0.29, 0.717) is 12.0 Å². The van der Waals surface area contributed by atoms with Crippen molar-refractivity contribution in [2.24, 2.45) is 0 Å². The molecule has 1 fully saturated rings. The lowest BCUT2D eigenvalue weighted by Crippen LogP contribution is -2.37. The van der Waals surface area contributed by atoms with E-state index in [1.807, 2.05) is 12.4 Å². The summed E-state index contributed by atoms with van der Waals surface area (Å²) in [7, 11) is 0. The normalized spacial score (nSPS) is 23.0. The Labute approximate surface area is 139 Å². The fourth-order valence-corrected chi connectivity index (χ4v) is 3.19. The van der Waals surface area contributed by atoms with Gasteiger partial charge in [-0.25, -0.2) is 0 Å². The molecule has 0 amide bonds. The number of rotatable bonds is 2. The summed E-state index contributed by atoms with van der Waals surface area (Å²) in [6, 6.07) is 15.4. The molecule has 114 valence electrons.